The van der Waals surface area contributed by atoms with Crippen LogP contribution in [0.25, 0.3) is 5.69 Å². The molecule has 21 heavy (non-hydrogen) atoms. The number of tetrazole rings is 1. The predicted octanol–water partition coefficient (Wildman–Crippen LogP) is 0.667. The third-order valence-electron chi connectivity index (χ3n) is 3.04. The second-order valence-corrected chi connectivity index (χ2v) is 4.74. The highest BCUT2D eigenvalue weighted by Gasteiger charge is 2.14. The van der Waals surface area contributed by atoms with E-state index in [1.54, 1.807) is 4.68 Å². The molecule has 7 nitrogen and oxygen atoms in total. The van der Waals surface area contributed by atoms with Crippen molar-refractivity contribution in [3.05, 3.63) is 36.2 Å². The Bertz CT molecular complexity index is 568. The number of carbonyl (C=O) groups excluding carboxylic acids is 1. The number of hydrogen-bond acceptors (Lipinski definition) is 5. The van der Waals surface area contributed by atoms with Crippen molar-refractivity contribution < 1.29 is 4.79 Å². The zero-order chi connectivity index (χ0) is 15.1. The van der Waals surface area contributed by atoms with Crippen LogP contribution in [0.5, 0.6) is 0 Å². The molecule has 7 heteroatoms. The first-order valence-corrected chi connectivity index (χ1v) is 7.06. The van der Waals surface area contributed by atoms with Gasteiger partial charge in [0, 0.05) is 6.54 Å². The van der Waals surface area contributed by atoms with E-state index in [1.165, 1.54) is 0 Å². The zero-order valence-electron chi connectivity index (χ0n) is 12.3. The summed E-state index contributed by atoms with van der Waals surface area (Å²) in [5.41, 5.74) is 0.891. The summed E-state index contributed by atoms with van der Waals surface area (Å²) < 4.78 is 1.66. The average Bonchev–Trinajstić information content (AvgIpc) is 2.99. The first kappa shape index (κ1) is 15.1. The Morgan fingerprint density at radius 1 is 1.33 bits per heavy atom. The van der Waals surface area contributed by atoms with E-state index >= 15 is 0 Å². The SMILES string of the molecule is CCCNC(=O)C(C)NCc1nnnn1-c1ccccc1. The lowest BCUT2D eigenvalue weighted by Gasteiger charge is -2.13. The molecular weight excluding hydrogens is 268 g/mol. The van der Waals surface area contributed by atoms with Crippen LogP contribution in [0.1, 0.15) is 26.1 Å². The summed E-state index contributed by atoms with van der Waals surface area (Å²) in [6, 6.07) is 9.35. The first-order valence-electron chi connectivity index (χ1n) is 7.06. The highest BCUT2D eigenvalue weighted by Crippen LogP contribution is 2.06. The molecule has 2 rings (SSSR count). The topological polar surface area (TPSA) is 84.7 Å². The van der Waals surface area contributed by atoms with Crippen molar-refractivity contribution in [2.45, 2.75) is 32.9 Å². The quantitative estimate of drug-likeness (QED) is 0.782. The standard InChI is InChI=1S/C14H20N6O/c1-3-9-15-14(21)11(2)16-10-13-17-18-19-20(13)12-7-5-4-6-8-12/h4-8,11,16H,3,9-10H2,1-2H3,(H,15,21). The maximum absolute atomic E-state index is 11.8. The number of benzene rings is 1. The fourth-order valence-corrected chi connectivity index (χ4v) is 1.82. The predicted molar refractivity (Wildman–Crippen MR) is 78.8 cm³/mol. The van der Waals surface area contributed by atoms with Crippen LogP contribution in [0.15, 0.2) is 30.3 Å². The van der Waals surface area contributed by atoms with Crippen LogP contribution in [0.2, 0.25) is 0 Å². The van der Waals surface area contributed by atoms with Crippen molar-refractivity contribution in [2.24, 2.45) is 0 Å². The van der Waals surface area contributed by atoms with Gasteiger partial charge in [0.25, 0.3) is 0 Å². The fourth-order valence-electron chi connectivity index (χ4n) is 1.82. The Hall–Kier alpha value is -2.28. The van der Waals surface area contributed by atoms with Gasteiger partial charge in [-0.05, 0) is 35.9 Å². The second-order valence-electron chi connectivity index (χ2n) is 4.74. The molecule has 1 amide bonds. The van der Waals surface area contributed by atoms with Gasteiger partial charge in [0.1, 0.15) is 0 Å². The molecule has 2 aromatic rings. The van der Waals surface area contributed by atoms with Gasteiger partial charge in [0.15, 0.2) is 5.82 Å². The van der Waals surface area contributed by atoms with E-state index in [4.69, 9.17) is 0 Å². The lowest BCUT2D eigenvalue weighted by Crippen LogP contribution is -2.42. The molecule has 1 unspecified atom stereocenters. The minimum Gasteiger partial charge on any atom is -0.355 e. The van der Waals surface area contributed by atoms with Crippen LogP contribution in [0.4, 0.5) is 0 Å². The summed E-state index contributed by atoms with van der Waals surface area (Å²) in [6.45, 7) is 4.95. The molecule has 1 aromatic heterocycles. The molecular formula is C14H20N6O. The Morgan fingerprint density at radius 3 is 2.81 bits per heavy atom. The molecule has 0 fully saturated rings. The van der Waals surface area contributed by atoms with Crippen LogP contribution >= 0.6 is 0 Å². The molecule has 0 saturated carbocycles. The monoisotopic (exact) mass is 288 g/mol. The third kappa shape index (κ3) is 4.09. The smallest absolute Gasteiger partial charge is 0.236 e. The molecule has 1 aromatic carbocycles. The summed E-state index contributed by atoms with van der Waals surface area (Å²) in [7, 11) is 0. The highest BCUT2D eigenvalue weighted by atomic mass is 16.2. The largest absolute Gasteiger partial charge is 0.355 e. The van der Waals surface area contributed by atoms with Gasteiger partial charge in [0.2, 0.25) is 5.91 Å². The summed E-state index contributed by atoms with van der Waals surface area (Å²) >= 11 is 0. The maximum Gasteiger partial charge on any atom is 0.236 e. The molecule has 0 aliphatic carbocycles. The Kier molecular flexibility index (Phi) is 5.39. The van der Waals surface area contributed by atoms with E-state index in [9.17, 15) is 4.79 Å². The van der Waals surface area contributed by atoms with Crippen LogP contribution in [-0.4, -0.2) is 38.7 Å². The number of aromatic nitrogens is 4. The van der Waals surface area contributed by atoms with Crippen LogP contribution in [0, 0.1) is 0 Å². The molecule has 0 aliphatic heterocycles. The average molecular weight is 288 g/mol. The van der Waals surface area contributed by atoms with Crippen LogP contribution in [0.3, 0.4) is 0 Å². The minimum absolute atomic E-state index is 0.0180. The third-order valence-corrected chi connectivity index (χ3v) is 3.04. The summed E-state index contributed by atoms with van der Waals surface area (Å²) in [5.74, 6) is 0.645. The highest BCUT2D eigenvalue weighted by molar-refractivity contribution is 5.81. The molecule has 1 heterocycles. The first-order chi connectivity index (χ1) is 10.2. The van der Waals surface area contributed by atoms with E-state index < -0.39 is 0 Å². The lowest BCUT2D eigenvalue weighted by molar-refractivity contribution is -0.122. The van der Waals surface area contributed by atoms with Gasteiger partial charge in [-0.25, -0.2) is 0 Å². The van der Waals surface area contributed by atoms with Crippen LogP contribution in [-0.2, 0) is 11.3 Å². The van der Waals surface area contributed by atoms with Gasteiger partial charge in [-0.1, -0.05) is 25.1 Å². The molecule has 0 spiro atoms. The van der Waals surface area contributed by atoms with Gasteiger partial charge in [0.05, 0.1) is 18.3 Å². The van der Waals surface area contributed by atoms with Gasteiger partial charge < -0.3 is 5.32 Å². The molecule has 0 bridgehead atoms. The lowest BCUT2D eigenvalue weighted by atomic mass is 10.3. The normalized spacial score (nSPS) is 12.1. The summed E-state index contributed by atoms with van der Waals surface area (Å²) in [5, 5.41) is 17.6. The fraction of sp³-hybridized carbons (Fsp3) is 0.429. The molecule has 1 atom stereocenters. The Balaban J connectivity index is 1.96. The van der Waals surface area contributed by atoms with Crippen molar-refractivity contribution in [1.82, 2.24) is 30.8 Å². The summed E-state index contributed by atoms with van der Waals surface area (Å²) in [6.07, 6.45) is 0.921. The van der Waals surface area contributed by atoms with Crippen molar-refractivity contribution in [3.63, 3.8) is 0 Å². The number of para-hydroxylation sites is 1. The second kappa shape index (κ2) is 7.49. The summed E-state index contributed by atoms with van der Waals surface area (Å²) in [4.78, 5) is 11.8. The molecule has 2 N–H and O–H groups in total. The van der Waals surface area contributed by atoms with Crippen molar-refractivity contribution in [2.75, 3.05) is 6.54 Å². The number of nitrogens with one attached hydrogen (secondary N) is 2. The molecule has 0 saturated heterocycles. The van der Waals surface area contributed by atoms with Gasteiger partial charge in [-0.15, -0.1) is 5.10 Å². The van der Waals surface area contributed by atoms with Gasteiger partial charge in [-0.2, -0.15) is 4.68 Å². The van der Waals surface area contributed by atoms with Gasteiger partial charge in [-0.3, -0.25) is 10.1 Å². The number of amides is 1. The Labute approximate surface area is 123 Å². The van der Waals surface area contributed by atoms with Crippen molar-refractivity contribution in [1.29, 1.82) is 0 Å². The molecule has 0 radical (unpaired) electrons. The van der Waals surface area contributed by atoms with E-state index in [2.05, 4.69) is 26.2 Å². The van der Waals surface area contributed by atoms with Gasteiger partial charge >= 0.3 is 0 Å². The number of carbonyl (C=O) groups is 1. The van der Waals surface area contributed by atoms with E-state index in [0.717, 1.165) is 12.1 Å². The van der Waals surface area contributed by atoms with Crippen molar-refractivity contribution >= 4 is 5.91 Å². The molecule has 112 valence electrons. The number of nitrogens with zero attached hydrogens (tertiary/aromatic N) is 4. The van der Waals surface area contributed by atoms with Crippen molar-refractivity contribution in [3.8, 4) is 5.69 Å². The van der Waals surface area contributed by atoms with E-state index in [-0.39, 0.29) is 11.9 Å². The van der Waals surface area contributed by atoms with E-state index in [1.807, 2.05) is 44.2 Å². The zero-order valence-corrected chi connectivity index (χ0v) is 12.3. The number of rotatable bonds is 7. The minimum atomic E-state index is -0.294. The van der Waals surface area contributed by atoms with E-state index in [0.29, 0.717) is 18.9 Å². The Morgan fingerprint density at radius 2 is 2.10 bits per heavy atom. The maximum atomic E-state index is 11.8. The molecule has 0 aliphatic rings. The number of hydrogen-bond donors (Lipinski definition) is 2. The van der Waals surface area contributed by atoms with Crippen LogP contribution < -0.4 is 10.6 Å².